The first kappa shape index (κ1) is 47.6. The Labute approximate surface area is 310 Å². The summed E-state index contributed by atoms with van der Waals surface area (Å²) in [5, 5.41) is 30.1. The Hall–Kier alpha value is -5.39. The smallest absolute Gasteiger partial charge is 0.326 e. The molecule has 0 heterocycles. The number of carbonyl (C=O) groups is 8. The van der Waals surface area contributed by atoms with E-state index in [9.17, 15) is 43.5 Å². The standard InChI is InChI=1S/C29H53N13O10S/c1-14(22(46)42-19(27(51)52)13-21(44)45)38-24(48)16(5-3-10-36-28(32)33)40-25(49)17(6-4-11-37-29(34)35)41-26(50)18(7-8-20(31)43)39-23(47)15(30)9-12-53-2/h14-19H,3-13,30H2,1-2H3,(H2,31,43)(H,38,48)(H,39,47)(H,40,49)(H,41,50)(H,42,46)(H,44,45)(H,51,52)(H4,32,33,36)(H4,34,35,37)/t14-,15-,16-,17-,18-,19-/m0/s1. The number of carboxylic acid groups (broad SMARTS) is 2. The number of carboxylic acids is 2. The SMILES string of the molecule is CSCC[C@H](N)C(=O)N[C@@H](CCC(N)=O)C(=O)N[C@@H](CCCN=C(N)N)C(=O)N[C@@H](CCCN=C(N)N)C(=O)N[C@@H](C)C(=O)N[C@@H](CC(=O)O)C(=O)O. The first-order valence-corrected chi connectivity index (χ1v) is 17.8. The molecule has 24 heteroatoms. The molecule has 0 saturated carbocycles. The van der Waals surface area contributed by atoms with Gasteiger partial charge in [0.05, 0.1) is 12.5 Å². The minimum absolute atomic E-state index is 0.0342. The number of aliphatic carboxylic acids is 2. The number of carbonyl (C=O) groups excluding carboxylic acids is 6. The fourth-order valence-electron chi connectivity index (χ4n) is 4.35. The fourth-order valence-corrected chi connectivity index (χ4v) is 4.84. The van der Waals surface area contributed by atoms with Gasteiger partial charge in [-0.15, -0.1) is 0 Å². The Morgan fingerprint density at radius 3 is 1.47 bits per heavy atom. The Kier molecular flexibility index (Phi) is 22.9. The van der Waals surface area contributed by atoms with Crippen LogP contribution in [0, 0.1) is 0 Å². The molecule has 0 rings (SSSR count). The van der Waals surface area contributed by atoms with Crippen LogP contribution in [0.2, 0.25) is 0 Å². The minimum Gasteiger partial charge on any atom is -0.481 e. The van der Waals surface area contributed by atoms with Crippen LogP contribution < -0.4 is 61.0 Å². The van der Waals surface area contributed by atoms with Gasteiger partial charge >= 0.3 is 11.9 Å². The summed E-state index contributed by atoms with van der Waals surface area (Å²) in [6.07, 6.45) is 0.760. The highest BCUT2D eigenvalue weighted by Crippen LogP contribution is 2.07. The third-order valence-corrected chi connectivity index (χ3v) is 7.83. The van der Waals surface area contributed by atoms with Crippen molar-refractivity contribution in [2.45, 2.75) is 94.5 Å². The van der Waals surface area contributed by atoms with Crippen LogP contribution in [-0.2, 0) is 38.4 Å². The van der Waals surface area contributed by atoms with Crippen molar-refractivity contribution >= 4 is 71.1 Å². The van der Waals surface area contributed by atoms with E-state index in [4.69, 9.17) is 39.5 Å². The van der Waals surface area contributed by atoms with E-state index in [1.807, 2.05) is 11.6 Å². The van der Waals surface area contributed by atoms with Crippen molar-refractivity contribution in [2.24, 2.45) is 44.4 Å². The summed E-state index contributed by atoms with van der Waals surface area (Å²) < 4.78 is 0. The zero-order valence-electron chi connectivity index (χ0n) is 29.7. The summed E-state index contributed by atoms with van der Waals surface area (Å²) in [5.74, 6) is -8.13. The van der Waals surface area contributed by atoms with Gasteiger partial charge in [0, 0.05) is 19.5 Å². The number of nitrogens with one attached hydrogen (secondary N) is 5. The molecule has 6 amide bonds. The van der Waals surface area contributed by atoms with Crippen LogP contribution in [0.4, 0.5) is 0 Å². The second-order valence-electron chi connectivity index (χ2n) is 11.7. The lowest BCUT2D eigenvalue weighted by Crippen LogP contribution is -2.59. The van der Waals surface area contributed by atoms with Gasteiger partial charge in [0.2, 0.25) is 35.4 Å². The molecule has 0 bridgehead atoms. The highest BCUT2D eigenvalue weighted by Gasteiger charge is 2.32. The number of thioether (sulfide) groups is 1. The maximum atomic E-state index is 13.7. The molecule has 0 fully saturated rings. The molecule has 0 unspecified atom stereocenters. The monoisotopic (exact) mass is 775 g/mol. The van der Waals surface area contributed by atoms with Crippen molar-refractivity contribution in [1.82, 2.24) is 26.6 Å². The van der Waals surface area contributed by atoms with Crippen LogP contribution in [0.3, 0.4) is 0 Å². The van der Waals surface area contributed by atoms with Gasteiger partial charge in [0.1, 0.15) is 30.2 Å². The van der Waals surface area contributed by atoms with Gasteiger partial charge in [-0.2, -0.15) is 11.8 Å². The lowest BCUT2D eigenvalue weighted by atomic mass is 10.0. The van der Waals surface area contributed by atoms with E-state index in [1.165, 1.54) is 18.7 Å². The van der Waals surface area contributed by atoms with E-state index in [0.717, 1.165) is 0 Å². The Balaban J connectivity index is 6.28. The number of rotatable bonds is 27. The summed E-state index contributed by atoms with van der Waals surface area (Å²) in [6, 6.07) is -8.24. The molecule has 0 spiro atoms. The van der Waals surface area contributed by atoms with E-state index in [2.05, 4.69) is 31.3 Å². The molecule has 6 atom stereocenters. The second-order valence-corrected chi connectivity index (χ2v) is 12.7. The molecule has 0 aromatic heterocycles. The van der Waals surface area contributed by atoms with Crippen molar-refractivity contribution in [3.8, 4) is 0 Å². The van der Waals surface area contributed by atoms with Gasteiger partial charge in [-0.25, -0.2) is 4.79 Å². The van der Waals surface area contributed by atoms with E-state index in [1.54, 1.807) is 0 Å². The summed E-state index contributed by atoms with van der Waals surface area (Å²) >= 11 is 1.46. The van der Waals surface area contributed by atoms with Crippen LogP contribution in [0.25, 0.3) is 0 Å². The average molecular weight is 776 g/mol. The van der Waals surface area contributed by atoms with Crippen molar-refractivity contribution in [1.29, 1.82) is 0 Å². The molecule has 300 valence electrons. The van der Waals surface area contributed by atoms with E-state index < -0.39 is 90.1 Å². The maximum absolute atomic E-state index is 13.7. The van der Waals surface area contributed by atoms with E-state index >= 15 is 0 Å². The Morgan fingerprint density at radius 1 is 0.623 bits per heavy atom. The number of amides is 6. The molecular weight excluding hydrogens is 722 g/mol. The van der Waals surface area contributed by atoms with Gasteiger partial charge in [0.15, 0.2) is 11.9 Å². The molecule has 19 N–H and O–H groups in total. The van der Waals surface area contributed by atoms with E-state index in [-0.39, 0.29) is 63.5 Å². The number of nitrogens with two attached hydrogens (primary N) is 6. The van der Waals surface area contributed by atoms with Crippen LogP contribution in [0.15, 0.2) is 9.98 Å². The molecule has 0 aliphatic heterocycles. The molecule has 0 saturated heterocycles. The topological polar surface area (TPSA) is 418 Å². The molecule has 0 aromatic carbocycles. The third kappa shape index (κ3) is 21.5. The summed E-state index contributed by atoms with van der Waals surface area (Å²) in [7, 11) is 0. The fraction of sp³-hybridized carbons (Fsp3) is 0.655. The number of hydrogen-bond donors (Lipinski definition) is 13. The second kappa shape index (κ2) is 25.5. The highest BCUT2D eigenvalue weighted by molar-refractivity contribution is 7.98. The number of primary amides is 1. The molecule has 0 aromatic rings. The van der Waals surface area contributed by atoms with Crippen LogP contribution in [-0.4, -0.2) is 131 Å². The van der Waals surface area contributed by atoms with Gasteiger partial charge in [-0.3, -0.25) is 43.5 Å². The van der Waals surface area contributed by atoms with Crippen molar-refractivity contribution in [2.75, 3.05) is 25.1 Å². The first-order chi connectivity index (χ1) is 24.8. The van der Waals surface area contributed by atoms with Gasteiger partial charge in [-0.1, -0.05) is 0 Å². The normalized spacial score (nSPS) is 14.0. The van der Waals surface area contributed by atoms with E-state index in [0.29, 0.717) is 12.2 Å². The predicted molar refractivity (Wildman–Crippen MR) is 194 cm³/mol. The lowest BCUT2D eigenvalue weighted by Gasteiger charge is -2.26. The lowest BCUT2D eigenvalue weighted by molar-refractivity contribution is -0.147. The van der Waals surface area contributed by atoms with Crippen LogP contribution >= 0.6 is 11.8 Å². The summed E-state index contributed by atoms with van der Waals surface area (Å²) in [4.78, 5) is 108. The maximum Gasteiger partial charge on any atom is 0.326 e. The van der Waals surface area contributed by atoms with Gasteiger partial charge < -0.3 is 71.2 Å². The molecule has 0 aliphatic rings. The largest absolute Gasteiger partial charge is 0.481 e. The van der Waals surface area contributed by atoms with Crippen molar-refractivity contribution in [3.05, 3.63) is 0 Å². The molecule has 0 aliphatic carbocycles. The third-order valence-electron chi connectivity index (χ3n) is 7.18. The quantitative estimate of drug-likeness (QED) is 0.0210. The zero-order valence-corrected chi connectivity index (χ0v) is 30.5. The number of nitrogens with zero attached hydrogens (tertiary/aromatic N) is 2. The molecule has 0 radical (unpaired) electrons. The number of hydrogen-bond acceptors (Lipinski definition) is 12. The zero-order chi connectivity index (χ0) is 40.7. The van der Waals surface area contributed by atoms with Gasteiger partial charge in [-0.05, 0) is 57.5 Å². The van der Waals surface area contributed by atoms with Gasteiger partial charge in [0.25, 0.3) is 0 Å². The highest BCUT2D eigenvalue weighted by atomic mass is 32.2. The average Bonchev–Trinajstić information content (AvgIpc) is 3.06. The van der Waals surface area contributed by atoms with Crippen molar-refractivity contribution < 1.29 is 48.6 Å². The number of guanidine groups is 2. The number of aliphatic imine (C=N–C) groups is 2. The first-order valence-electron chi connectivity index (χ1n) is 16.4. The predicted octanol–water partition coefficient (Wildman–Crippen LogP) is -5.56. The Morgan fingerprint density at radius 2 is 1.06 bits per heavy atom. The molecule has 23 nitrogen and oxygen atoms in total. The molecular formula is C29H53N13O10S. The summed E-state index contributed by atoms with van der Waals surface area (Å²) in [6.45, 7) is 1.28. The summed E-state index contributed by atoms with van der Waals surface area (Å²) in [5.41, 5.74) is 32.7. The Bertz CT molecular complexity index is 1340. The minimum atomic E-state index is -1.79. The van der Waals surface area contributed by atoms with Crippen molar-refractivity contribution in [3.63, 3.8) is 0 Å². The van der Waals surface area contributed by atoms with Crippen LogP contribution in [0.1, 0.15) is 58.3 Å². The molecule has 53 heavy (non-hydrogen) atoms. The van der Waals surface area contributed by atoms with Crippen LogP contribution in [0.5, 0.6) is 0 Å².